The van der Waals surface area contributed by atoms with Crippen LogP contribution in [0.5, 0.6) is 0 Å². The Hall–Kier alpha value is -1.10. The third kappa shape index (κ3) is 6.26. The van der Waals surface area contributed by atoms with Gasteiger partial charge in [0.1, 0.15) is 0 Å². The highest BCUT2D eigenvalue weighted by atomic mass is 16.2. The van der Waals surface area contributed by atoms with Crippen LogP contribution in [0.3, 0.4) is 0 Å². The fourth-order valence-electron chi connectivity index (χ4n) is 1.69. The van der Waals surface area contributed by atoms with E-state index in [1.165, 1.54) is 4.90 Å². The lowest BCUT2D eigenvalue weighted by Gasteiger charge is -2.27. The summed E-state index contributed by atoms with van der Waals surface area (Å²) in [5, 5.41) is 2.49. The van der Waals surface area contributed by atoms with Gasteiger partial charge in [-0.3, -0.25) is 9.59 Å². The highest BCUT2D eigenvalue weighted by Gasteiger charge is 2.26. The molecule has 0 aromatic rings. The van der Waals surface area contributed by atoms with Gasteiger partial charge in [-0.15, -0.1) is 0 Å². The summed E-state index contributed by atoms with van der Waals surface area (Å²) in [6.45, 7) is 6.61. The number of hydrogen-bond donors (Lipinski definition) is 2. The molecule has 17 heavy (non-hydrogen) atoms. The Morgan fingerprint density at radius 1 is 1.35 bits per heavy atom. The minimum Gasteiger partial charge on any atom is -0.358 e. The molecule has 0 heterocycles. The van der Waals surface area contributed by atoms with Crippen molar-refractivity contribution in [3.63, 3.8) is 0 Å². The normalized spacial score (nSPS) is 13.1. The van der Waals surface area contributed by atoms with Gasteiger partial charge < -0.3 is 16.0 Å². The summed E-state index contributed by atoms with van der Waals surface area (Å²) < 4.78 is 0. The molecule has 0 rings (SSSR count). The third-order valence-electron chi connectivity index (χ3n) is 2.53. The molecule has 0 saturated heterocycles. The molecule has 5 heteroatoms. The first kappa shape index (κ1) is 15.9. The molecule has 3 N–H and O–H groups in total. The summed E-state index contributed by atoms with van der Waals surface area (Å²) >= 11 is 0. The molecule has 1 unspecified atom stereocenters. The van der Waals surface area contributed by atoms with Gasteiger partial charge in [-0.05, 0) is 11.8 Å². The Morgan fingerprint density at radius 3 is 2.24 bits per heavy atom. The zero-order chi connectivity index (χ0) is 13.6. The molecule has 0 aliphatic rings. The van der Waals surface area contributed by atoms with Gasteiger partial charge in [-0.25, -0.2) is 0 Å². The molecule has 2 amide bonds. The molecule has 0 aromatic carbocycles. The van der Waals surface area contributed by atoms with Gasteiger partial charge in [-0.1, -0.05) is 20.8 Å². The topological polar surface area (TPSA) is 75.4 Å². The van der Waals surface area contributed by atoms with Crippen LogP contribution >= 0.6 is 0 Å². The number of amides is 2. The first-order valence-electron chi connectivity index (χ1n) is 5.87. The predicted molar refractivity (Wildman–Crippen MR) is 68.3 cm³/mol. The van der Waals surface area contributed by atoms with Crippen molar-refractivity contribution in [2.24, 2.45) is 17.1 Å². The van der Waals surface area contributed by atoms with Crippen molar-refractivity contribution in [2.75, 3.05) is 27.2 Å². The number of hydrogen-bond acceptors (Lipinski definition) is 3. The summed E-state index contributed by atoms with van der Waals surface area (Å²) in [5.74, 6) is -0.455. The Kier molecular flexibility index (Phi) is 6.16. The number of rotatable bonds is 5. The number of carbonyl (C=O) groups is 2. The molecule has 0 saturated carbocycles. The average molecular weight is 243 g/mol. The summed E-state index contributed by atoms with van der Waals surface area (Å²) in [6, 6.07) is 0. The van der Waals surface area contributed by atoms with Crippen molar-refractivity contribution >= 4 is 11.8 Å². The third-order valence-corrected chi connectivity index (χ3v) is 2.53. The maximum Gasteiger partial charge on any atom is 0.239 e. The van der Waals surface area contributed by atoms with E-state index in [0.717, 1.165) is 6.42 Å². The van der Waals surface area contributed by atoms with E-state index < -0.39 is 0 Å². The molecule has 5 nitrogen and oxygen atoms in total. The molecule has 0 aliphatic carbocycles. The van der Waals surface area contributed by atoms with Gasteiger partial charge in [0.2, 0.25) is 11.8 Å². The molecular formula is C12H25N3O2. The van der Waals surface area contributed by atoms with Crippen molar-refractivity contribution < 1.29 is 9.59 Å². The van der Waals surface area contributed by atoms with Gasteiger partial charge in [-0.2, -0.15) is 0 Å². The van der Waals surface area contributed by atoms with Gasteiger partial charge in [0.25, 0.3) is 0 Å². The van der Waals surface area contributed by atoms with Crippen LogP contribution in [-0.2, 0) is 9.59 Å². The van der Waals surface area contributed by atoms with Crippen LogP contribution in [0.2, 0.25) is 0 Å². The Labute approximate surface area is 104 Å². The molecule has 0 spiro atoms. The molecular weight excluding hydrogens is 218 g/mol. The largest absolute Gasteiger partial charge is 0.358 e. The molecule has 0 bridgehead atoms. The van der Waals surface area contributed by atoms with Gasteiger partial charge in [0.05, 0.1) is 12.5 Å². The molecule has 0 fully saturated rings. The lowest BCUT2D eigenvalue weighted by molar-refractivity contribution is -0.138. The molecule has 1 atom stereocenters. The average Bonchev–Trinajstić information content (AvgIpc) is 2.23. The quantitative estimate of drug-likeness (QED) is 0.724. The van der Waals surface area contributed by atoms with Crippen molar-refractivity contribution in [1.82, 2.24) is 10.2 Å². The number of carbonyl (C=O) groups excluding carboxylic acids is 2. The van der Waals surface area contributed by atoms with Crippen LogP contribution < -0.4 is 11.1 Å². The van der Waals surface area contributed by atoms with Crippen molar-refractivity contribution in [3.05, 3.63) is 0 Å². The van der Waals surface area contributed by atoms with E-state index in [4.69, 9.17) is 5.73 Å². The Morgan fingerprint density at radius 2 is 1.88 bits per heavy atom. The minimum absolute atomic E-state index is 0.0492. The number of nitrogens with one attached hydrogen (secondary N) is 1. The fraction of sp³-hybridized carbons (Fsp3) is 0.833. The molecule has 100 valence electrons. The predicted octanol–water partition coefficient (Wildman–Crippen LogP) is 0.202. The zero-order valence-electron chi connectivity index (χ0n) is 11.5. The first-order chi connectivity index (χ1) is 7.71. The van der Waals surface area contributed by atoms with Crippen molar-refractivity contribution in [1.29, 1.82) is 0 Å². The van der Waals surface area contributed by atoms with Crippen LogP contribution in [0.25, 0.3) is 0 Å². The Bertz CT molecular complexity index is 271. The van der Waals surface area contributed by atoms with Crippen molar-refractivity contribution in [2.45, 2.75) is 27.2 Å². The van der Waals surface area contributed by atoms with E-state index in [9.17, 15) is 9.59 Å². The zero-order valence-corrected chi connectivity index (χ0v) is 11.5. The Balaban J connectivity index is 4.48. The van der Waals surface area contributed by atoms with Gasteiger partial charge in [0.15, 0.2) is 0 Å². The minimum atomic E-state index is -0.218. The SMILES string of the molecule is CNC(=O)CN(C)C(=O)C(CN)CC(C)(C)C. The maximum atomic E-state index is 12.1. The lowest BCUT2D eigenvalue weighted by Crippen LogP contribution is -2.42. The van der Waals surface area contributed by atoms with E-state index in [-0.39, 0.29) is 29.7 Å². The summed E-state index contributed by atoms with van der Waals surface area (Å²) in [4.78, 5) is 24.7. The highest BCUT2D eigenvalue weighted by Crippen LogP contribution is 2.24. The van der Waals surface area contributed by atoms with Crippen LogP contribution in [0, 0.1) is 11.3 Å². The van der Waals surface area contributed by atoms with Crippen LogP contribution in [0.4, 0.5) is 0 Å². The standard InChI is InChI=1S/C12H25N3O2/c1-12(2,3)6-9(7-13)11(17)15(5)8-10(16)14-4/h9H,6-8,13H2,1-5H3,(H,14,16). The lowest BCUT2D eigenvalue weighted by atomic mass is 9.84. The number of likely N-dealkylation sites (N-methyl/N-ethyl adjacent to an activating group) is 2. The molecule has 0 radical (unpaired) electrons. The second kappa shape index (κ2) is 6.59. The van der Waals surface area contributed by atoms with Crippen molar-refractivity contribution in [3.8, 4) is 0 Å². The summed E-state index contributed by atoms with van der Waals surface area (Å²) in [7, 11) is 3.18. The number of nitrogens with two attached hydrogens (primary N) is 1. The first-order valence-corrected chi connectivity index (χ1v) is 5.87. The highest BCUT2D eigenvalue weighted by molar-refractivity contribution is 5.85. The fourth-order valence-corrected chi connectivity index (χ4v) is 1.69. The van der Waals surface area contributed by atoms with E-state index in [1.807, 2.05) is 0 Å². The van der Waals surface area contributed by atoms with Crippen LogP contribution in [-0.4, -0.2) is 43.9 Å². The van der Waals surface area contributed by atoms with Crippen LogP contribution in [0.15, 0.2) is 0 Å². The van der Waals surface area contributed by atoms with E-state index in [1.54, 1.807) is 14.1 Å². The van der Waals surface area contributed by atoms with Gasteiger partial charge >= 0.3 is 0 Å². The summed E-state index contributed by atoms with van der Waals surface area (Å²) in [6.07, 6.45) is 0.723. The number of nitrogens with zero attached hydrogens (tertiary/aromatic N) is 1. The molecule has 0 aromatic heterocycles. The second-order valence-electron chi connectivity index (χ2n) is 5.56. The van der Waals surface area contributed by atoms with E-state index in [0.29, 0.717) is 6.54 Å². The van der Waals surface area contributed by atoms with E-state index >= 15 is 0 Å². The maximum absolute atomic E-state index is 12.1. The van der Waals surface area contributed by atoms with Gasteiger partial charge in [0, 0.05) is 20.6 Å². The second-order valence-corrected chi connectivity index (χ2v) is 5.56. The monoisotopic (exact) mass is 243 g/mol. The van der Waals surface area contributed by atoms with Crippen LogP contribution in [0.1, 0.15) is 27.2 Å². The smallest absolute Gasteiger partial charge is 0.239 e. The van der Waals surface area contributed by atoms with E-state index in [2.05, 4.69) is 26.1 Å². The summed E-state index contributed by atoms with van der Waals surface area (Å²) in [5.41, 5.74) is 5.68. The molecule has 0 aliphatic heterocycles.